The molecule has 1 aromatic rings. The molecule has 0 aromatic carbocycles. The maximum Gasteiger partial charge on any atom is 0.325 e. The van der Waals surface area contributed by atoms with Gasteiger partial charge in [-0.3, -0.25) is 9.48 Å². The Morgan fingerprint density at radius 2 is 2.25 bits per heavy atom. The summed E-state index contributed by atoms with van der Waals surface area (Å²) in [5.41, 5.74) is 0.370. The van der Waals surface area contributed by atoms with Gasteiger partial charge in [0.25, 0.3) is 0 Å². The van der Waals surface area contributed by atoms with Gasteiger partial charge in [0.2, 0.25) is 0 Å². The summed E-state index contributed by atoms with van der Waals surface area (Å²) in [5.74, 6) is -0.210. The van der Waals surface area contributed by atoms with Crippen LogP contribution >= 0.6 is 11.6 Å². The van der Waals surface area contributed by atoms with Crippen molar-refractivity contribution in [3.8, 4) is 0 Å². The summed E-state index contributed by atoms with van der Waals surface area (Å²) in [6, 6.07) is 0. The van der Waals surface area contributed by atoms with E-state index in [9.17, 15) is 4.79 Å². The van der Waals surface area contributed by atoms with Gasteiger partial charge < -0.3 is 10.1 Å². The van der Waals surface area contributed by atoms with Crippen molar-refractivity contribution in [1.82, 2.24) is 15.1 Å². The lowest BCUT2D eigenvalue weighted by molar-refractivity contribution is -0.148. The maximum absolute atomic E-state index is 11.8. The summed E-state index contributed by atoms with van der Waals surface area (Å²) in [4.78, 5) is 11.8. The summed E-state index contributed by atoms with van der Waals surface area (Å²) >= 11 is 5.96. The van der Waals surface area contributed by atoms with Gasteiger partial charge in [-0.05, 0) is 39.7 Å². The van der Waals surface area contributed by atoms with E-state index >= 15 is 0 Å². The molecule has 0 saturated carbocycles. The molecule has 0 amide bonds. The zero-order valence-corrected chi connectivity index (χ0v) is 13.5. The Morgan fingerprint density at radius 1 is 1.55 bits per heavy atom. The number of aryl methyl sites for hydroxylation is 1. The van der Waals surface area contributed by atoms with Crippen molar-refractivity contribution in [2.75, 3.05) is 13.7 Å². The highest BCUT2D eigenvalue weighted by Gasteiger charge is 2.32. The normalized spacial score (nSPS) is 14.1. The Morgan fingerprint density at radius 3 is 2.75 bits per heavy atom. The lowest BCUT2D eigenvalue weighted by atomic mass is 9.94. The predicted molar refractivity (Wildman–Crippen MR) is 79.9 cm³/mol. The summed E-state index contributed by atoms with van der Waals surface area (Å²) in [6.45, 7) is 7.36. The van der Waals surface area contributed by atoms with Gasteiger partial charge in [-0.1, -0.05) is 18.5 Å². The van der Waals surface area contributed by atoms with Crippen molar-refractivity contribution < 1.29 is 9.53 Å². The first-order valence-corrected chi connectivity index (χ1v) is 7.33. The number of hydrogen-bond acceptors (Lipinski definition) is 4. The molecule has 0 aliphatic heterocycles. The fraction of sp³-hybridized carbons (Fsp3) is 0.714. The van der Waals surface area contributed by atoms with Crippen LogP contribution in [0.2, 0.25) is 5.02 Å². The van der Waals surface area contributed by atoms with Gasteiger partial charge in [0.15, 0.2) is 0 Å². The highest BCUT2D eigenvalue weighted by Crippen LogP contribution is 2.18. The first-order valence-electron chi connectivity index (χ1n) is 6.96. The van der Waals surface area contributed by atoms with E-state index in [1.807, 2.05) is 25.5 Å². The van der Waals surface area contributed by atoms with E-state index in [4.69, 9.17) is 16.3 Å². The standard InChI is InChI=1S/C14H24ClN3O2/c1-5-16-14(3,13(19)20-4)8-6-7-9-18-11(2)12(15)10-17-18/h10,16H,5-9H2,1-4H3. The molecule has 1 N–H and O–H groups in total. The average Bonchev–Trinajstić information content (AvgIpc) is 2.74. The molecule has 0 aliphatic carbocycles. The van der Waals surface area contributed by atoms with Crippen LogP contribution in [0.15, 0.2) is 6.20 Å². The molecule has 1 rings (SSSR count). The van der Waals surface area contributed by atoms with Gasteiger partial charge in [0, 0.05) is 6.54 Å². The number of methoxy groups -OCH3 is 1. The van der Waals surface area contributed by atoms with Gasteiger partial charge in [0.05, 0.1) is 24.0 Å². The molecule has 1 heterocycles. The molecule has 0 spiro atoms. The van der Waals surface area contributed by atoms with Crippen molar-refractivity contribution in [3.63, 3.8) is 0 Å². The molecule has 114 valence electrons. The molecule has 5 nitrogen and oxygen atoms in total. The minimum Gasteiger partial charge on any atom is -0.468 e. The number of aromatic nitrogens is 2. The molecule has 0 radical (unpaired) electrons. The summed E-state index contributed by atoms with van der Waals surface area (Å²) in [6.07, 6.45) is 4.25. The second-order valence-corrected chi connectivity index (χ2v) is 5.52. The number of esters is 1. The SMILES string of the molecule is CCNC(C)(CCCCn1ncc(Cl)c1C)C(=O)OC. The van der Waals surface area contributed by atoms with Crippen molar-refractivity contribution in [3.05, 3.63) is 16.9 Å². The molecular formula is C14H24ClN3O2. The number of ether oxygens (including phenoxy) is 1. The summed E-state index contributed by atoms with van der Waals surface area (Å²) < 4.78 is 6.76. The average molecular weight is 302 g/mol. The van der Waals surface area contributed by atoms with Crippen LogP contribution in [0.1, 0.15) is 38.8 Å². The van der Waals surface area contributed by atoms with E-state index in [0.717, 1.165) is 38.0 Å². The van der Waals surface area contributed by atoms with Gasteiger partial charge in [-0.25, -0.2) is 0 Å². The van der Waals surface area contributed by atoms with Crippen LogP contribution in [0.5, 0.6) is 0 Å². The number of likely N-dealkylation sites (N-methyl/N-ethyl adjacent to an activating group) is 1. The second kappa shape index (κ2) is 7.64. The first kappa shape index (κ1) is 17.0. The zero-order valence-electron chi connectivity index (χ0n) is 12.7. The third kappa shape index (κ3) is 4.21. The number of halogens is 1. The molecule has 1 unspecified atom stereocenters. The lowest BCUT2D eigenvalue weighted by Gasteiger charge is -2.27. The first-order chi connectivity index (χ1) is 9.44. The third-order valence-electron chi connectivity index (χ3n) is 3.54. The molecule has 0 fully saturated rings. The van der Waals surface area contributed by atoms with Crippen LogP contribution in [-0.2, 0) is 16.1 Å². The van der Waals surface area contributed by atoms with Crippen LogP contribution in [0, 0.1) is 6.92 Å². The minimum absolute atomic E-state index is 0.210. The molecule has 20 heavy (non-hydrogen) atoms. The number of hydrogen-bond donors (Lipinski definition) is 1. The van der Waals surface area contributed by atoms with Crippen LogP contribution in [-0.4, -0.2) is 34.9 Å². The fourth-order valence-corrected chi connectivity index (χ4v) is 2.41. The number of carbonyl (C=O) groups is 1. The zero-order chi connectivity index (χ0) is 15.2. The topological polar surface area (TPSA) is 56.2 Å². The number of nitrogens with one attached hydrogen (secondary N) is 1. The quantitative estimate of drug-likeness (QED) is 0.592. The largest absolute Gasteiger partial charge is 0.468 e. The Balaban J connectivity index is 2.45. The summed E-state index contributed by atoms with van der Waals surface area (Å²) in [7, 11) is 1.42. The minimum atomic E-state index is -0.611. The number of nitrogens with zero attached hydrogens (tertiary/aromatic N) is 2. The fourth-order valence-electron chi connectivity index (χ4n) is 2.27. The molecule has 0 bridgehead atoms. The van der Waals surface area contributed by atoms with E-state index in [2.05, 4.69) is 10.4 Å². The lowest BCUT2D eigenvalue weighted by Crippen LogP contribution is -2.50. The third-order valence-corrected chi connectivity index (χ3v) is 3.91. The number of unbranched alkanes of at least 4 members (excludes halogenated alkanes) is 1. The highest BCUT2D eigenvalue weighted by atomic mass is 35.5. The van der Waals surface area contributed by atoms with Crippen LogP contribution in [0.4, 0.5) is 0 Å². The Kier molecular flexibility index (Phi) is 6.49. The smallest absolute Gasteiger partial charge is 0.325 e. The van der Waals surface area contributed by atoms with Crippen molar-refractivity contribution in [2.24, 2.45) is 0 Å². The Labute approximate surface area is 125 Å². The maximum atomic E-state index is 11.8. The van der Waals surface area contributed by atoms with Crippen molar-refractivity contribution in [2.45, 2.75) is 52.1 Å². The van der Waals surface area contributed by atoms with Crippen molar-refractivity contribution >= 4 is 17.6 Å². The molecule has 1 atom stereocenters. The summed E-state index contributed by atoms with van der Waals surface area (Å²) in [5, 5.41) is 8.11. The van der Waals surface area contributed by atoms with Gasteiger partial charge in [-0.2, -0.15) is 5.10 Å². The highest BCUT2D eigenvalue weighted by molar-refractivity contribution is 6.31. The molecule has 6 heteroatoms. The molecular weight excluding hydrogens is 278 g/mol. The molecule has 1 aromatic heterocycles. The van der Waals surface area contributed by atoms with E-state index in [0.29, 0.717) is 5.02 Å². The second-order valence-electron chi connectivity index (χ2n) is 5.11. The Bertz CT molecular complexity index is 448. The molecule has 0 saturated heterocycles. The molecule has 0 aliphatic rings. The van der Waals surface area contributed by atoms with Crippen LogP contribution in [0.3, 0.4) is 0 Å². The number of carbonyl (C=O) groups excluding carboxylic acids is 1. The predicted octanol–water partition coefficient (Wildman–Crippen LogP) is 2.56. The Hall–Kier alpha value is -1.07. The van der Waals surface area contributed by atoms with Crippen LogP contribution in [0.25, 0.3) is 0 Å². The van der Waals surface area contributed by atoms with Gasteiger partial charge >= 0.3 is 5.97 Å². The van der Waals surface area contributed by atoms with Crippen LogP contribution < -0.4 is 5.32 Å². The van der Waals surface area contributed by atoms with Gasteiger partial charge in [0.1, 0.15) is 5.54 Å². The van der Waals surface area contributed by atoms with E-state index < -0.39 is 5.54 Å². The van der Waals surface area contributed by atoms with Gasteiger partial charge in [-0.15, -0.1) is 0 Å². The van der Waals surface area contributed by atoms with Crippen molar-refractivity contribution in [1.29, 1.82) is 0 Å². The monoisotopic (exact) mass is 301 g/mol. The van der Waals surface area contributed by atoms with E-state index in [1.165, 1.54) is 7.11 Å². The van der Waals surface area contributed by atoms with E-state index in [1.54, 1.807) is 6.20 Å². The number of rotatable bonds is 8. The van der Waals surface area contributed by atoms with E-state index in [-0.39, 0.29) is 5.97 Å².